The molecule has 6 atom stereocenters. The van der Waals surface area contributed by atoms with Gasteiger partial charge in [0.25, 0.3) is 5.91 Å². The fourth-order valence-corrected chi connectivity index (χ4v) is 6.93. The molecule has 4 aliphatic rings. The summed E-state index contributed by atoms with van der Waals surface area (Å²) < 4.78 is 30.8. The van der Waals surface area contributed by atoms with Crippen molar-refractivity contribution in [1.82, 2.24) is 10.2 Å². The summed E-state index contributed by atoms with van der Waals surface area (Å²) in [5, 5.41) is 2.85. The maximum Gasteiger partial charge on any atom is 0.417 e. The number of ether oxygens (including phenoxy) is 5. The lowest BCUT2D eigenvalue weighted by atomic mass is 9.81. The van der Waals surface area contributed by atoms with Crippen molar-refractivity contribution < 1.29 is 42.9 Å². The molecule has 2 saturated carbocycles. The Labute approximate surface area is 265 Å². The van der Waals surface area contributed by atoms with Gasteiger partial charge in [0.05, 0.1) is 5.56 Å². The molecule has 0 bridgehead atoms. The van der Waals surface area contributed by atoms with Crippen LogP contribution in [0.5, 0.6) is 0 Å². The third-order valence-corrected chi connectivity index (χ3v) is 9.07. The minimum Gasteiger partial charge on any atom is -0.452 e. The van der Waals surface area contributed by atoms with Crippen LogP contribution in [0, 0.1) is 0 Å². The van der Waals surface area contributed by atoms with Crippen molar-refractivity contribution in [2.75, 3.05) is 0 Å². The van der Waals surface area contributed by atoms with Crippen LogP contribution in [0.3, 0.4) is 0 Å². The van der Waals surface area contributed by atoms with E-state index in [1.165, 1.54) is 0 Å². The van der Waals surface area contributed by atoms with Crippen LogP contribution in [-0.2, 0) is 30.3 Å². The van der Waals surface area contributed by atoms with E-state index >= 15 is 0 Å². The second kappa shape index (κ2) is 12.6. The highest BCUT2D eigenvalue weighted by Crippen LogP contribution is 2.48. The molecular weight excluding hydrogens is 592 g/mol. The maximum atomic E-state index is 13.8. The zero-order valence-electron chi connectivity index (χ0n) is 25.0. The molecule has 0 radical (unpaired) electrons. The van der Waals surface area contributed by atoms with Crippen molar-refractivity contribution in [2.24, 2.45) is 0 Å². The number of carbonyl (C=O) groups excluding carboxylic acids is 4. The first-order valence-corrected chi connectivity index (χ1v) is 15.6. The number of hydrogen-bond donors (Lipinski definition) is 1. The topological polar surface area (TPSA) is 130 Å². The van der Waals surface area contributed by atoms with Gasteiger partial charge in [-0.05, 0) is 42.7 Å². The second-order valence-electron chi connectivity index (χ2n) is 12.0. The average molecular weight is 627 g/mol. The number of benzene rings is 3. The molecule has 11 nitrogen and oxygen atoms in total. The van der Waals surface area contributed by atoms with E-state index in [9.17, 15) is 19.2 Å². The monoisotopic (exact) mass is 626 g/mol. The van der Waals surface area contributed by atoms with Gasteiger partial charge in [0.1, 0.15) is 30.9 Å². The van der Waals surface area contributed by atoms with E-state index in [1.54, 1.807) is 60.7 Å². The van der Waals surface area contributed by atoms with Gasteiger partial charge in [0.15, 0.2) is 18.0 Å². The van der Waals surface area contributed by atoms with Crippen LogP contribution in [0.1, 0.15) is 58.4 Å². The number of esters is 1. The van der Waals surface area contributed by atoms with Gasteiger partial charge in [0, 0.05) is 18.4 Å². The second-order valence-corrected chi connectivity index (χ2v) is 12.0. The first-order chi connectivity index (χ1) is 22.4. The van der Waals surface area contributed by atoms with E-state index in [0.29, 0.717) is 12.8 Å². The van der Waals surface area contributed by atoms with Crippen LogP contribution >= 0.6 is 0 Å². The van der Waals surface area contributed by atoms with Crippen LogP contribution in [0.4, 0.5) is 9.59 Å². The molecule has 0 unspecified atom stereocenters. The number of alkyl carbamates (subject to hydrolysis) is 1. The van der Waals surface area contributed by atoms with Gasteiger partial charge in [-0.15, -0.1) is 0 Å². The fraction of sp³-hybridized carbons (Fsp3) is 0.371. The highest BCUT2D eigenvalue weighted by Gasteiger charge is 2.68. The third-order valence-electron chi connectivity index (χ3n) is 9.07. The lowest BCUT2D eigenvalue weighted by Crippen LogP contribution is -2.69. The van der Waals surface area contributed by atoms with Gasteiger partial charge in [-0.2, -0.15) is 0 Å². The Kier molecular flexibility index (Phi) is 8.18. The molecule has 1 N–H and O–H groups in total. The summed E-state index contributed by atoms with van der Waals surface area (Å²) in [5.74, 6) is -2.26. The summed E-state index contributed by atoms with van der Waals surface area (Å²) in [6.45, 7) is 0.00362. The predicted molar refractivity (Wildman–Crippen MR) is 161 cm³/mol. The highest BCUT2D eigenvalue weighted by molar-refractivity contribution is 6.04. The summed E-state index contributed by atoms with van der Waals surface area (Å²) in [6, 6.07) is 23.9. The van der Waals surface area contributed by atoms with Crippen LogP contribution in [-0.4, -0.2) is 71.2 Å². The van der Waals surface area contributed by atoms with Crippen LogP contribution in [0.25, 0.3) is 0 Å². The molecule has 3 amide bonds. The zero-order chi connectivity index (χ0) is 31.7. The highest BCUT2D eigenvalue weighted by atomic mass is 16.8. The molecule has 2 heterocycles. The van der Waals surface area contributed by atoms with Crippen LogP contribution < -0.4 is 5.32 Å². The molecule has 0 aromatic heterocycles. The van der Waals surface area contributed by atoms with Gasteiger partial charge >= 0.3 is 18.2 Å². The number of amides is 3. The minimum atomic E-state index is -1.25. The van der Waals surface area contributed by atoms with Gasteiger partial charge in [-0.3, -0.25) is 4.79 Å². The Bertz CT molecular complexity index is 1580. The number of imide groups is 1. The molecule has 3 aromatic carbocycles. The molecule has 46 heavy (non-hydrogen) atoms. The molecule has 7 rings (SSSR count). The van der Waals surface area contributed by atoms with Gasteiger partial charge in [0.2, 0.25) is 0 Å². The van der Waals surface area contributed by atoms with Crippen LogP contribution in [0.2, 0.25) is 0 Å². The number of nitrogens with zero attached hydrogens (tertiary/aromatic N) is 1. The van der Waals surface area contributed by atoms with E-state index < -0.39 is 66.3 Å². The molecule has 2 saturated heterocycles. The van der Waals surface area contributed by atoms with Crippen molar-refractivity contribution >= 4 is 24.1 Å². The van der Waals surface area contributed by atoms with Gasteiger partial charge in [-0.25, -0.2) is 19.3 Å². The van der Waals surface area contributed by atoms with Crippen molar-refractivity contribution in [3.8, 4) is 0 Å². The van der Waals surface area contributed by atoms with E-state index in [-0.39, 0.29) is 17.7 Å². The Morgan fingerprint density at radius 2 is 1.39 bits per heavy atom. The first-order valence-electron chi connectivity index (χ1n) is 15.6. The van der Waals surface area contributed by atoms with Gasteiger partial charge < -0.3 is 29.0 Å². The lowest BCUT2D eigenvalue weighted by molar-refractivity contribution is -0.196. The summed E-state index contributed by atoms with van der Waals surface area (Å²) >= 11 is 0. The van der Waals surface area contributed by atoms with Crippen molar-refractivity contribution in [3.05, 3.63) is 108 Å². The zero-order valence-corrected chi connectivity index (χ0v) is 25.0. The Morgan fingerprint density at radius 1 is 0.783 bits per heavy atom. The molecule has 1 spiro atoms. The number of rotatable bonds is 6. The molecule has 2 aliphatic heterocycles. The van der Waals surface area contributed by atoms with Crippen molar-refractivity contribution in [3.63, 3.8) is 0 Å². The Hall–Kier alpha value is -4.74. The number of fused-ring (bicyclic) bond motifs is 3. The smallest absolute Gasteiger partial charge is 0.417 e. The van der Waals surface area contributed by atoms with E-state index in [4.69, 9.17) is 23.7 Å². The van der Waals surface area contributed by atoms with Crippen molar-refractivity contribution in [1.29, 1.82) is 0 Å². The summed E-state index contributed by atoms with van der Waals surface area (Å²) in [5.41, 5.74) is 1.33. The van der Waals surface area contributed by atoms with E-state index in [0.717, 1.165) is 29.7 Å². The molecule has 238 valence electrons. The summed E-state index contributed by atoms with van der Waals surface area (Å²) in [4.78, 5) is 55.2. The lowest BCUT2D eigenvalue weighted by Gasteiger charge is -2.43. The Balaban J connectivity index is 1.25. The summed E-state index contributed by atoms with van der Waals surface area (Å²) in [7, 11) is 0. The van der Waals surface area contributed by atoms with Crippen molar-refractivity contribution in [2.45, 2.75) is 81.0 Å². The molecule has 2 aliphatic carbocycles. The molecule has 4 fully saturated rings. The number of nitrogens with one attached hydrogen (secondary N) is 1. The van der Waals surface area contributed by atoms with Gasteiger partial charge in [-0.1, -0.05) is 73.2 Å². The predicted octanol–water partition coefficient (Wildman–Crippen LogP) is 4.99. The SMILES string of the molecule is O=C(N[C@@H]1[C@H]2OC3(CCCCC3)O[C@@H]2[C@@H]2[C@@H](OC(=O)N2C(=O)c2ccccc2)[C@H]1OC(=O)c1ccccc1)OCc1ccccc1. The first kappa shape index (κ1) is 29.9. The standard InChI is InChI=1S/C35H34N2O9/c38-31(23-15-7-2-8-16-23)37-26-29(44-34(37)41)27(43-32(39)24-17-9-3-10-18-24)25(36-33(40)42-21-22-13-5-1-6-14-22)28-30(26)46-35(45-28)19-11-4-12-20-35/h1-3,5-10,13-18,25-30H,4,11-12,19-21H2,(H,36,40)/t25-,26-,27-,28+,29+,30+/m0/s1. The third kappa shape index (κ3) is 5.72. The van der Waals surface area contributed by atoms with E-state index in [2.05, 4.69) is 5.32 Å². The number of carbonyl (C=O) groups is 4. The largest absolute Gasteiger partial charge is 0.452 e. The molecule has 11 heteroatoms. The molecule has 3 aromatic rings. The Morgan fingerprint density at radius 3 is 2.07 bits per heavy atom. The maximum absolute atomic E-state index is 13.8. The van der Waals surface area contributed by atoms with Crippen LogP contribution in [0.15, 0.2) is 91.0 Å². The quantitative estimate of drug-likeness (QED) is 0.297. The normalized spacial score (nSPS) is 27.7. The fourth-order valence-electron chi connectivity index (χ4n) is 6.93. The average Bonchev–Trinajstić information content (AvgIpc) is 3.63. The molecular formula is C35H34N2O9. The van der Waals surface area contributed by atoms with E-state index in [1.807, 2.05) is 30.3 Å². The minimum absolute atomic E-state index is 0.00362. The summed E-state index contributed by atoms with van der Waals surface area (Å²) in [6.07, 6.45) is -1.95. The number of hydrogen-bond acceptors (Lipinski definition) is 9.